The molecule has 0 aliphatic carbocycles. The van der Waals surface area contributed by atoms with Crippen LogP contribution in [0.1, 0.15) is 20.3 Å². The SMILES string of the molecule is CCOP(=O)(OCC)[C@@H]1C[C@@H](O)[C@H](O)[C@](O)(CO)O1. The van der Waals surface area contributed by atoms with E-state index in [0.717, 1.165) is 0 Å². The van der Waals surface area contributed by atoms with E-state index < -0.39 is 38.0 Å². The van der Waals surface area contributed by atoms with Crippen LogP contribution in [-0.2, 0) is 18.3 Å². The average molecular weight is 300 g/mol. The van der Waals surface area contributed by atoms with E-state index in [4.69, 9.17) is 18.9 Å². The van der Waals surface area contributed by atoms with Gasteiger partial charge in [-0.15, -0.1) is 0 Å². The first-order valence-electron chi connectivity index (χ1n) is 6.09. The molecule has 0 bridgehead atoms. The third-order valence-electron chi connectivity index (χ3n) is 2.81. The second-order valence-electron chi connectivity index (χ2n) is 4.20. The molecule has 1 aliphatic rings. The molecule has 0 aromatic rings. The van der Waals surface area contributed by atoms with Crippen LogP contribution in [-0.4, -0.2) is 64.1 Å². The average Bonchev–Trinajstić information content (AvgIpc) is 2.36. The van der Waals surface area contributed by atoms with E-state index in [2.05, 4.69) is 0 Å². The first-order chi connectivity index (χ1) is 8.83. The summed E-state index contributed by atoms with van der Waals surface area (Å²) in [6.45, 7) is 2.44. The van der Waals surface area contributed by atoms with Gasteiger partial charge in [0.25, 0.3) is 0 Å². The zero-order chi connectivity index (χ0) is 14.7. The van der Waals surface area contributed by atoms with Crippen molar-refractivity contribution in [3.8, 4) is 0 Å². The van der Waals surface area contributed by atoms with Crippen molar-refractivity contribution in [3.63, 3.8) is 0 Å². The fourth-order valence-corrected chi connectivity index (χ4v) is 3.79. The number of hydrogen-bond donors (Lipinski definition) is 4. The van der Waals surface area contributed by atoms with E-state index in [9.17, 15) is 19.9 Å². The molecule has 9 heteroatoms. The van der Waals surface area contributed by atoms with Crippen LogP contribution in [0.2, 0.25) is 0 Å². The molecule has 19 heavy (non-hydrogen) atoms. The Morgan fingerprint density at radius 3 is 2.26 bits per heavy atom. The van der Waals surface area contributed by atoms with Crippen LogP contribution in [0.15, 0.2) is 0 Å². The van der Waals surface area contributed by atoms with Crippen molar-refractivity contribution in [1.82, 2.24) is 0 Å². The molecule has 0 unspecified atom stereocenters. The standard InChI is InChI=1S/C10H21O8P/c1-3-16-19(15,17-4-2)8-5-7(12)9(13)10(14,6-11)18-8/h7-9,11-14H,3-6H2,1-2H3/t7-,8-,9+,10+/m1/s1. The molecule has 1 rings (SSSR count). The highest BCUT2D eigenvalue weighted by molar-refractivity contribution is 7.54. The van der Waals surface area contributed by atoms with Crippen molar-refractivity contribution in [3.05, 3.63) is 0 Å². The van der Waals surface area contributed by atoms with E-state index in [0.29, 0.717) is 0 Å². The number of hydrogen-bond acceptors (Lipinski definition) is 8. The first-order valence-corrected chi connectivity index (χ1v) is 7.70. The van der Waals surface area contributed by atoms with Gasteiger partial charge in [-0.1, -0.05) is 0 Å². The predicted molar refractivity (Wildman–Crippen MR) is 64.4 cm³/mol. The van der Waals surface area contributed by atoms with Crippen LogP contribution < -0.4 is 0 Å². The third-order valence-corrected chi connectivity index (χ3v) is 5.07. The van der Waals surface area contributed by atoms with Gasteiger partial charge in [-0.2, -0.15) is 0 Å². The molecule has 8 nitrogen and oxygen atoms in total. The van der Waals surface area contributed by atoms with Gasteiger partial charge < -0.3 is 34.2 Å². The van der Waals surface area contributed by atoms with E-state index in [1.807, 2.05) is 0 Å². The smallest absolute Gasteiger partial charge is 0.359 e. The Kier molecular flexibility index (Phi) is 5.91. The zero-order valence-electron chi connectivity index (χ0n) is 10.9. The summed E-state index contributed by atoms with van der Waals surface area (Å²) in [5, 5.41) is 38.2. The molecule has 1 saturated heterocycles. The Morgan fingerprint density at radius 1 is 1.32 bits per heavy atom. The summed E-state index contributed by atoms with van der Waals surface area (Å²) in [5.41, 5.74) is 0. The van der Waals surface area contributed by atoms with Crippen molar-refractivity contribution in [2.24, 2.45) is 0 Å². The highest BCUT2D eigenvalue weighted by Gasteiger charge is 2.53. The molecule has 4 atom stereocenters. The van der Waals surface area contributed by atoms with Gasteiger partial charge >= 0.3 is 7.60 Å². The molecule has 1 fully saturated rings. The predicted octanol–water partition coefficient (Wildman–Crippen LogP) is -0.598. The number of ether oxygens (including phenoxy) is 1. The van der Waals surface area contributed by atoms with Gasteiger partial charge in [-0.25, -0.2) is 0 Å². The van der Waals surface area contributed by atoms with Crippen molar-refractivity contribution in [2.75, 3.05) is 19.8 Å². The Morgan fingerprint density at radius 2 is 1.84 bits per heavy atom. The van der Waals surface area contributed by atoms with Crippen LogP contribution in [0.4, 0.5) is 0 Å². The van der Waals surface area contributed by atoms with Gasteiger partial charge in [0.15, 0.2) is 5.85 Å². The van der Waals surface area contributed by atoms with Gasteiger partial charge in [0.05, 0.1) is 25.9 Å². The molecule has 4 N–H and O–H groups in total. The molecule has 0 amide bonds. The molecule has 1 heterocycles. The maximum atomic E-state index is 12.5. The van der Waals surface area contributed by atoms with E-state index >= 15 is 0 Å². The minimum atomic E-state index is -3.72. The maximum Gasteiger partial charge on any atom is 0.359 e. The largest absolute Gasteiger partial charge is 0.391 e. The van der Waals surface area contributed by atoms with Crippen LogP contribution in [0.5, 0.6) is 0 Å². The third kappa shape index (κ3) is 3.53. The summed E-state index contributed by atoms with van der Waals surface area (Å²) in [6, 6.07) is 0. The van der Waals surface area contributed by atoms with Crippen LogP contribution >= 0.6 is 7.60 Å². The highest BCUT2D eigenvalue weighted by atomic mass is 31.2. The molecule has 0 spiro atoms. The summed E-state index contributed by atoms with van der Waals surface area (Å²) >= 11 is 0. The summed E-state index contributed by atoms with van der Waals surface area (Å²) < 4.78 is 27.6. The molecule has 1 aliphatic heterocycles. The number of aliphatic hydroxyl groups excluding tert-OH is 3. The maximum absolute atomic E-state index is 12.5. The van der Waals surface area contributed by atoms with Gasteiger partial charge in [-0.05, 0) is 13.8 Å². The minimum absolute atomic E-state index is 0.0906. The fourth-order valence-electron chi connectivity index (χ4n) is 1.88. The van der Waals surface area contributed by atoms with E-state index in [1.54, 1.807) is 13.8 Å². The molecular formula is C10H21O8P. The Hall–Kier alpha value is -0.0500. The fraction of sp³-hybridized carbons (Fsp3) is 1.00. The topological polar surface area (TPSA) is 126 Å². The van der Waals surface area contributed by atoms with E-state index in [1.165, 1.54) is 0 Å². The van der Waals surface area contributed by atoms with Crippen molar-refractivity contribution < 1.29 is 38.8 Å². The zero-order valence-corrected chi connectivity index (χ0v) is 11.8. The first kappa shape index (κ1) is 17.0. The number of aliphatic hydroxyl groups is 4. The Balaban J connectivity index is 2.96. The molecular weight excluding hydrogens is 279 g/mol. The molecule has 0 radical (unpaired) electrons. The Labute approximate surface area is 111 Å². The summed E-state index contributed by atoms with van der Waals surface area (Å²) in [4.78, 5) is 0. The molecule has 0 aromatic heterocycles. The van der Waals surface area contributed by atoms with Gasteiger partial charge in [0.2, 0.25) is 5.79 Å². The summed E-state index contributed by atoms with van der Waals surface area (Å²) in [6.07, 6.45) is -3.35. The highest BCUT2D eigenvalue weighted by Crippen LogP contribution is 2.57. The lowest BCUT2D eigenvalue weighted by atomic mass is 10.00. The summed E-state index contributed by atoms with van der Waals surface area (Å²) in [5.74, 6) is -3.66. The van der Waals surface area contributed by atoms with Crippen LogP contribution in [0.3, 0.4) is 0 Å². The second-order valence-corrected chi connectivity index (χ2v) is 6.37. The minimum Gasteiger partial charge on any atom is -0.391 e. The summed E-state index contributed by atoms with van der Waals surface area (Å²) in [7, 11) is -3.72. The molecule has 0 saturated carbocycles. The van der Waals surface area contributed by atoms with Gasteiger partial charge in [-0.3, -0.25) is 4.57 Å². The van der Waals surface area contributed by atoms with Crippen molar-refractivity contribution in [2.45, 2.75) is 44.1 Å². The van der Waals surface area contributed by atoms with Gasteiger partial charge in [0.1, 0.15) is 6.10 Å². The Bertz CT molecular complexity index is 327. The van der Waals surface area contributed by atoms with Crippen LogP contribution in [0.25, 0.3) is 0 Å². The number of rotatable bonds is 6. The molecule has 0 aromatic carbocycles. The van der Waals surface area contributed by atoms with Gasteiger partial charge in [0, 0.05) is 6.42 Å². The quantitative estimate of drug-likeness (QED) is 0.479. The normalized spacial score (nSPS) is 36.4. The van der Waals surface area contributed by atoms with Crippen molar-refractivity contribution >= 4 is 7.60 Å². The second kappa shape index (κ2) is 6.60. The monoisotopic (exact) mass is 300 g/mol. The van der Waals surface area contributed by atoms with Crippen molar-refractivity contribution in [1.29, 1.82) is 0 Å². The lowest BCUT2D eigenvalue weighted by molar-refractivity contribution is -0.322. The van der Waals surface area contributed by atoms with E-state index in [-0.39, 0.29) is 19.6 Å². The molecule has 114 valence electrons. The lowest BCUT2D eigenvalue weighted by Crippen LogP contribution is -2.60. The van der Waals surface area contributed by atoms with Crippen LogP contribution in [0, 0.1) is 0 Å². The lowest BCUT2D eigenvalue weighted by Gasteiger charge is -2.43.